The van der Waals surface area contributed by atoms with Crippen molar-refractivity contribution < 1.29 is 19.5 Å². The van der Waals surface area contributed by atoms with E-state index in [1.54, 1.807) is 12.1 Å². The second-order valence-corrected chi connectivity index (χ2v) is 14.0. The van der Waals surface area contributed by atoms with E-state index in [0.29, 0.717) is 16.8 Å². The van der Waals surface area contributed by atoms with Gasteiger partial charge in [0.05, 0.1) is 20.8 Å². The predicted octanol–water partition coefficient (Wildman–Crippen LogP) is 16.0. The maximum atomic E-state index is 9.62. The Morgan fingerprint density at radius 3 is 1.57 bits per heavy atom. The van der Waals surface area contributed by atoms with Gasteiger partial charge in [0, 0.05) is 27.5 Å². The number of rotatable bonds is 7. The second-order valence-electron chi connectivity index (χ2n) is 14.0. The minimum absolute atomic E-state index is 0.0261. The molecule has 0 saturated carbocycles. The van der Waals surface area contributed by atoms with Crippen molar-refractivity contribution in [3.05, 3.63) is 224 Å². The average molecular weight is 751 g/mol. The van der Waals surface area contributed by atoms with Gasteiger partial charge in [0.25, 0.3) is 0 Å². The fraction of sp³-hybridized carbons (Fsp3) is 0. The Bertz CT molecular complexity index is 3880. The van der Waals surface area contributed by atoms with Crippen molar-refractivity contribution >= 4 is 60.5 Å². The highest BCUT2D eigenvalue weighted by Gasteiger charge is 2.21. The summed E-state index contributed by atoms with van der Waals surface area (Å²) in [6.07, 6.45) is 0. The average Bonchev–Trinajstić information content (AvgIpc) is 3.78. The molecule has 10 aromatic carbocycles. The molecule has 2 heteroatoms. The zero-order valence-electron chi connectivity index (χ0n) is 41.9. The number of furan rings is 1. The van der Waals surface area contributed by atoms with Crippen LogP contribution in [0.25, 0.3) is 88.0 Å². The number of para-hydroxylation sites is 1. The summed E-state index contributed by atoms with van der Waals surface area (Å²) in [4.78, 5) is 2.06. The Kier molecular flexibility index (Phi) is 5.86. The summed E-state index contributed by atoms with van der Waals surface area (Å²) < 4.78 is 104. The first kappa shape index (κ1) is 24.1. The fourth-order valence-corrected chi connectivity index (χ4v) is 7.94. The number of hydrogen-bond acceptors (Lipinski definition) is 2. The molecular formula is C56H37NO. The van der Waals surface area contributed by atoms with Crippen LogP contribution in [-0.4, -0.2) is 0 Å². The number of fused-ring (bicyclic) bond motifs is 6. The minimum atomic E-state index is -0.647. The second kappa shape index (κ2) is 14.1. The first-order chi connectivity index (χ1) is 33.3. The molecule has 272 valence electrons. The van der Waals surface area contributed by atoms with E-state index in [9.17, 15) is 2.74 Å². The molecule has 58 heavy (non-hydrogen) atoms. The summed E-state index contributed by atoms with van der Waals surface area (Å²) in [5.74, 6) is 0. The maximum Gasteiger partial charge on any atom is 0.159 e. The Morgan fingerprint density at radius 2 is 0.879 bits per heavy atom. The van der Waals surface area contributed by atoms with Crippen LogP contribution in [-0.2, 0) is 0 Å². The Labute approximate surface area is 353 Å². The third kappa shape index (κ3) is 5.82. The standard InChI is InChI=1S/C56H37NO/c1-3-14-38(15-4-1)47-21-11-12-22-48(47)41-26-31-45(32-27-41)57(54-25-13-24-50-51-35-30-40-18-9-10-23-49(40)55(51)58-56(50)54)46-33-28-42(29-34-46)53-37-44-20-8-7-19-43(44)36-52(53)39-16-5-2-6-17-39/h1-37H/i2D,5D,6D,7D,8D,16D,17D,19D,20D,36D,37D. The summed E-state index contributed by atoms with van der Waals surface area (Å²) in [5.41, 5.74) is 7.55. The molecule has 0 unspecified atom stereocenters. The summed E-state index contributed by atoms with van der Waals surface area (Å²) >= 11 is 0. The van der Waals surface area contributed by atoms with Crippen molar-refractivity contribution in [2.24, 2.45) is 0 Å². The van der Waals surface area contributed by atoms with Crippen LogP contribution in [0.2, 0.25) is 0 Å². The monoisotopic (exact) mass is 750 g/mol. The van der Waals surface area contributed by atoms with Crippen molar-refractivity contribution in [2.45, 2.75) is 0 Å². The summed E-state index contributed by atoms with van der Waals surface area (Å²) in [5, 5.41) is 3.37. The van der Waals surface area contributed by atoms with E-state index in [1.807, 2.05) is 97.1 Å². The van der Waals surface area contributed by atoms with E-state index in [1.165, 1.54) is 0 Å². The summed E-state index contributed by atoms with van der Waals surface area (Å²) in [7, 11) is 0. The van der Waals surface area contributed by atoms with Crippen LogP contribution in [0.1, 0.15) is 15.1 Å². The van der Waals surface area contributed by atoms with Crippen LogP contribution in [0.3, 0.4) is 0 Å². The lowest BCUT2D eigenvalue weighted by atomic mass is 9.91. The number of hydrogen-bond donors (Lipinski definition) is 0. The van der Waals surface area contributed by atoms with Gasteiger partial charge in [-0.05, 0) is 109 Å². The molecule has 2 nitrogen and oxygen atoms in total. The van der Waals surface area contributed by atoms with Gasteiger partial charge >= 0.3 is 0 Å². The lowest BCUT2D eigenvalue weighted by Crippen LogP contribution is -2.10. The van der Waals surface area contributed by atoms with Gasteiger partial charge in [-0.3, -0.25) is 0 Å². The Hall–Kier alpha value is -7.68. The number of nitrogens with zero attached hydrogens (tertiary/aromatic N) is 1. The molecule has 0 fully saturated rings. The molecule has 0 aliphatic heterocycles. The highest BCUT2D eigenvalue weighted by Crippen LogP contribution is 2.45. The predicted molar refractivity (Wildman–Crippen MR) is 245 cm³/mol. The molecule has 0 atom stereocenters. The molecule has 0 radical (unpaired) electrons. The van der Waals surface area contributed by atoms with Gasteiger partial charge in [-0.15, -0.1) is 0 Å². The third-order valence-corrected chi connectivity index (χ3v) is 10.7. The van der Waals surface area contributed by atoms with Crippen LogP contribution in [0.5, 0.6) is 0 Å². The molecule has 0 bridgehead atoms. The zero-order chi connectivity index (χ0) is 48.0. The first-order valence-corrected chi connectivity index (χ1v) is 18.9. The molecule has 0 N–H and O–H groups in total. The Balaban J connectivity index is 1.14. The van der Waals surface area contributed by atoms with Gasteiger partial charge in [-0.25, -0.2) is 0 Å². The first-order valence-electron chi connectivity index (χ1n) is 24.4. The highest BCUT2D eigenvalue weighted by molar-refractivity contribution is 6.17. The molecule has 0 saturated heterocycles. The SMILES string of the molecule is [2H]c1c([2H])c([2H])c(-c2c(-c3ccc(N(c4ccc(-c5ccccc5-c5ccccc5)cc4)c4cccc5c4oc4c6ccccc6ccc54)cc3)c([2H])c3c([2H])c([2H])c([2H])c([2H])c3c2[2H])c([2H])c1[2H]. The summed E-state index contributed by atoms with van der Waals surface area (Å²) in [6.45, 7) is 0. The van der Waals surface area contributed by atoms with E-state index < -0.39 is 60.4 Å². The largest absolute Gasteiger partial charge is 0.453 e. The number of anilines is 3. The van der Waals surface area contributed by atoms with Crippen LogP contribution in [0, 0.1) is 0 Å². The lowest BCUT2D eigenvalue weighted by Gasteiger charge is -2.26. The van der Waals surface area contributed by atoms with E-state index >= 15 is 0 Å². The molecule has 11 rings (SSSR count). The van der Waals surface area contributed by atoms with Gasteiger partial charge in [-0.1, -0.05) is 176 Å². The van der Waals surface area contributed by atoms with Gasteiger partial charge < -0.3 is 9.32 Å². The maximum absolute atomic E-state index is 9.62. The van der Waals surface area contributed by atoms with E-state index in [-0.39, 0.29) is 33.5 Å². The number of benzene rings is 10. The molecular weight excluding hydrogens is 703 g/mol. The fourth-order valence-electron chi connectivity index (χ4n) is 7.94. The third-order valence-electron chi connectivity index (χ3n) is 10.7. The highest BCUT2D eigenvalue weighted by atomic mass is 16.3. The van der Waals surface area contributed by atoms with Crippen LogP contribution >= 0.6 is 0 Å². The molecule has 11 aromatic rings. The zero-order valence-corrected chi connectivity index (χ0v) is 30.9. The molecule has 0 aliphatic carbocycles. The van der Waals surface area contributed by atoms with Crippen LogP contribution in [0.4, 0.5) is 17.1 Å². The van der Waals surface area contributed by atoms with Gasteiger partial charge in [0.2, 0.25) is 0 Å². The van der Waals surface area contributed by atoms with Crippen molar-refractivity contribution in [2.75, 3.05) is 4.90 Å². The van der Waals surface area contributed by atoms with E-state index in [0.717, 1.165) is 60.8 Å². The lowest BCUT2D eigenvalue weighted by molar-refractivity contribution is 0.673. The molecule has 1 aromatic heterocycles. The van der Waals surface area contributed by atoms with Crippen molar-refractivity contribution in [3.63, 3.8) is 0 Å². The van der Waals surface area contributed by atoms with Crippen molar-refractivity contribution in [1.29, 1.82) is 0 Å². The van der Waals surface area contributed by atoms with Gasteiger partial charge in [0.15, 0.2) is 5.58 Å². The molecule has 1 heterocycles. The topological polar surface area (TPSA) is 16.4 Å². The quantitative estimate of drug-likeness (QED) is 0.161. The molecule has 0 aliphatic rings. The van der Waals surface area contributed by atoms with Gasteiger partial charge in [-0.2, -0.15) is 0 Å². The molecule has 0 amide bonds. The van der Waals surface area contributed by atoms with Gasteiger partial charge in [0.1, 0.15) is 5.58 Å². The molecule has 0 spiro atoms. The van der Waals surface area contributed by atoms with E-state index in [2.05, 4.69) is 53.4 Å². The normalized spacial score (nSPS) is 14.1. The van der Waals surface area contributed by atoms with Crippen LogP contribution < -0.4 is 4.90 Å². The van der Waals surface area contributed by atoms with Crippen molar-refractivity contribution in [1.82, 2.24) is 0 Å². The van der Waals surface area contributed by atoms with Crippen molar-refractivity contribution in [3.8, 4) is 44.5 Å². The van der Waals surface area contributed by atoms with Crippen LogP contribution in [0.15, 0.2) is 229 Å². The smallest absolute Gasteiger partial charge is 0.159 e. The minimum Gasteiger partial charge on any atom is -0.453 e. The Morgan fingerprint density at radius 1 is 0.345 bits per heavy atom. The summed E-state index contributed by atoms with van der Waals surface area (Å²) in [6, 6.07) is 45.7. The van der Waals surface area contributed by atoms with E-state index in [4.69, 9.17) is 16.8 Å².